The number of hydrogen-bond donors (Lipinski definition) is 2. The summed E-state index contributed by atoms with van der Waals surface area (Å²) in [6.07, 6.45) is 0. The molecule has 0 unspecified atom stereocenters. The van der Waals surface area contributed by atoms with Crippen molar-refractivity contribution in [1.29, 1.82) is 5.26 Å². The number of phenols is 2. The molecule has 0 saturated carbocycles. The van der Waals surface area contributed by atoms with E-state index in [1.165, 1.54) is 17.0 Å². The maximum Gasteiger partial charge on any atom is 0.254 e. The fourth-order valence-electron chi connectivity index (χ4n) is 2.02. The molecule has 0 heterocycles. The maximum absolute atomic E-state index is 12.2. The SMILES string of the molecule is CN(Cc1cccc(C#N)c1)C(=O)c1cc(O)cc(O)c1. The fourth-order valence-corrected chi connectivity index (χ4v) is 2.02. The Morgan fingerprint density at radius 2 is 1.86 bits per heavy atom. The molecule has 0 saturated heterocycles. The first-order chi connectivity index (χ1) is 9.99. The number of nitriles is 1. The van der Waals surface area contributed by atoms with Crippen LogP contribution in [0, 0.1) is 11.3 Å². The Morgan fingerprint density at radius 1 is 1.19 bits per heavy atom. The van der Waals surface area contributed by atoms with E-state index >= 15 is 0 Å². The van der Waals surface area contributed by atoms with E-state index in [-0.39, 0.29) is 23.0 Å². The topological polar surface area (TPSA) is 84.6 Å². The van der Waals surface area contributed by atoms with Crippen LogP contribution in [0.1, 0.15) is 21.5 Å². The molecule has 0 aliphatic rings. The Morgan fingerprint density at radius 3 is 2.48 bits per heavy atom. The normalized spacial score (nSPS) is 9.90. The van der Waals surface area contributed by atoms with Crippen molar-refractivity contribution >= 4 is 5.91 Å². The molecule has 2 rings (SSSR count). The van der Waals surface area contributed by atoms with E-state index in [0.29, 0.717) is 12.1 Å². The van der Waals surface area contributed by atoms with Gasteiger partial charge < -0.3 is 15.1 Å². The summed E-state index contributed by atoms with van der Waals surface area (Å²) in [5.74, 6) is -0.667. The Bertz CT molecular complexity index is 699. The zero-order chi connectivity index (χ0) is 15.4. The molecular weight excluding hydrogens is 268 g/mol. The highest BCUT2D eigenvalue weighted by atomic mass is 16.3. The van der Waals surface area contributed by atoms with Crippen LogP contribution in [0.25, 0.3) is 0 Å². The Balaban J connectivity index is 2.17. The molecule has 0 bridgehead atoms. The second-order valence-electron chi connectivity index (χ2n) is 4.71. The molecule has 0 aromatic heterocycles. The average Bonchev–Trinajstić information content (AvgIpc) is 2.45. The molecule has 0 atom stereocenters. The van der Waals surface area contributed by atoms with Crippen LogP contribution in [0.5, 0.6) is 11.5 Å². The number of nitrogens with zero attached hydrogens (tertiary/aromatic N) is 2. The first kappa shape index (κ1) is 14.4. The fraction of sp³-hybridized carbons (Fsp3) is 0.125. The summed E-state index contributed by atoms with van der Waals surface area (Å²) in [6, 6.07) is 12.8. The number of amides is 1. The molecule has 0 fully saturated rings. The molecule has 0 radical (unpaired) electrons. The van der Waals surface area contributed by atoms with E-state index in [1.807, 2.05) is 12.1 Å². The van der Waals surface area contributed by atoms with E-state index in [2.05, 4.69) is 0 Å². The highest BCUT2D eigenvalue weighted by Gasteiger charge is 2.14. The van der Waals surface area contributed by atoms with Crippen LogP contribution in [0.2, 0.25) is 0 Å². The van der Waals surface area contributed by atoms with Crippen molar-refractivity contribution in [1.82, 2.24) is 4.90 Å². The molecule has 2 aromatic carbocycles. The van der Waals surface area contributed by atoms with Crippen LogP contribution < -0.4 is 0 Å². The Labute approximate surface area is 122 Å². The van der Waals surface area contributed by atoms with Crippen LogP contribution in [0.4, 0.5) is 0 Å². The molecule has 2 N–H and O–H groups in total. The molecule has 0 aliphatic carbocycles. The zero-order valence-electron chi connectivity index (χ0n) is 11.4. The first-order valence-corrected chi connectivity index (χ1v) is 6.27. The monoisotopic (exact) mass is 282 g/mol. The molecule has 0 spiro atoms. The van der Waals surface area contributed by atoms with E-state index in [4.69, 9.17) is 5.26 Å². The predicted molar refractivity (Wildman–Crippen MR) is 76.7 cm³/mol. The summed E-state index contributed by atoms with van der Waals surface area (Å²) in [5, 5.41) is 27.7. The summed E-state index contributed by atoms with van der Waals surface area (Å²) in [5.41, 5.74) is 1.56. The van der Waals surface area contributed by atoms with Crippen molar-refractivity contribution in [2.24, 2.45) is 0 Å². The van der Waals surface area contributed by atoms with Crippen molar-refractivity contribution in [3.63, 3.8) is 0 Å². The second-order valence-corrected chi connectivity index (χ2v) is 4.71. The van der Waals surface area contributed by atoms with Gasteiger partial charge in [0.05, 0.1) is 11.6 Å². The van der Waals surface area contributed by atoms with E-state index in [9.17, 15) is 15.0 Å². The number of hydrogen-bond acceptors (Lipinski definition) is 4. The third-order valence-corrected chi connectivity index (χ3v) is 2.97. The number of aromatic hydroxyl groups is 2. The molecular formula is C16H14N2O3. The summed E-state index contributed by atoms with van der Waals surface area (Å²) in [7, 11) is 1.61. The highest BCUT2D eigenvalue weighted by Crippen LogP contribution is 2.21. The quantitative estimate of drug-likeness (QED) is 0.904. The van der Waals surface area contributed by atoms with Gasteiger partial charge in [-0.2, -0.15) is 5.26 Å². The number of phenolic OH excluding ortho intramolecular Hbond substituents is 2. The van der Waals surface area contributed by atoms with Crippen LogP contribution >= 0.6 is 0 Å². The molecule has 5 nitrogen and oxygen atoms in total. The minimum Gasteiger partial charge on any atom is -0.508 e. The molecule has 106 valence electrons. The first-order valence-electron chi connectivity index (χ1n) is 6.27. The molecule has 21 heavy (non-hydrogen) atoms. The average molecular weight is 282 g/mol. The van der Waals surface area contributed by atoms with Crippen LogP contribution in [0.15, 0.2) is 42.5 Å². The van der Waals surface area contributed by atoms with Crippen molar-refractivity contribution in [2.45, 2.75) is 6.54 Å². The largest absolute Gasteiger partial charge is 0.508 e. The molecule has 0 aliphatic heterocycles. The number of carbonyl (C=O) groups excluding carboxylic acids is 1. The van der Waals surface area contributed by atoms with Gasteiger partial charge in [-0.05, 0) is 29.8 Å². The van der Waals surface area contributed by atoms with Gasteiger partial charge in [0.1, 0.15) is 11.5 Å². The van der Waals surface area contributed by atoms with Gasteiger partial charge in [-0.1, -0.05) is 12.1 Å². The van der Waals surface area contributed by atoms with Gasteiger partial charge in [0.15, 0.2) is 0 Å². The van der Waals surface area contributed by atoms with Gasteiger partial charge in [0, 0.05) is 25.2 Å². The van der Waals surface area contributed by atoms with Crippen LogP contribution in [0.3, 0.4) is 0 Å². The summed E-state index contributed by atoms with van der Waals surface area (Å²) in [6.45, 7) is 0.324. The van der Waals surface area contributed by atoms with Crippen LogP contribution in [-0.4, -0.2) is 28.1 Å². The molecule has 5 heteroatoms. The Kier molecular flexibility index (Phi) is 4.10. The lowest BCUT2D eigenvalue weighted by atomic mass is 10.1. The van der Waals surface area contributed by atoms with Crippen LogP contribution in [-0.2, 0) is 6.54 Å². The summed E-state index contributed by atoms with van der Waals surface area (Å²) >= 11 is 0. The highest BCUT2D eigenvalue weighted by molar-refractivity contribution is 5.94. The standard InChI is InChI=1S/C16H14N2O3/c1-18(10-12-4-2-3-11(5-12)9-17)16(21)13-6-14(19)8-15(20)7-13/h2-8,19-20H,10H2,1H3. The van der Waals surface area contributed by atoms with Gasteiger partial charge >= 0.3 is 0 Å². The zero-order valence-corrected chi connectivity index (χ0v) is 11.4. The number of benzene rings is 2. The maximum atomic E-state index is 12.2. The lowest BCUT2D eigenvalue weighted by Crippen LogP contribution is -2.26. The van der Waals surface area contributed by atoms with Gasteiger partial charge in [0.25, 0.3) is 5.91 Å². The summed E-state index contributed by atoms with van der Waals surface area (Å²) in [4.78, 5) is 13.7. The molecule has 1 amide bonds. The van der Waals surface area contributed by atoms with Crippen molar-refractivity contribution in [3.05, 3.63) is 59.2 Å². The minimum absolute atomic E-state index is 0.168. The number of rotatable bonds is 3. The Hall–Kier alpha value is -3.00. The van der Waals surface area contributed by atoms with Crippen molar-refractivity contribution < 1.29 is 15.0 Å². The lowest BCUT2D eigenvalue weighted by Gasteiger charge is -2.17. The number of carbonyl (C=O) groups is 1. The third-order valence-electron chi connectivity index (χ3n) is 2.97. The van der Waals surface area contributed by atoms with E-state index in [0.717, 1.165) is 11.6 Å². The third kappa shape index (κ3) is 3.51. The smallest absolute Gasteiger partial charge is 0.254 e. The van der Waals surface area contributed by atoms with E-state index in [1.54, 1.807) is 25.2 Å². The van der Waals surface area contributed by atoms with Gasteiger partial charge in [0.2, 0.25) is 0 Å². The van der Waals surface area contributed by atoms with Crippen molar-refractivity contribution in [3.8, 4) is 17.6 Å². The summed E-state index contributed by atoms with van der Waals surface area (Å²) < 4.78 is 0. The molecule has 2 aromatic rings. The minimum atomic E-state index is -0.330. The van der Waals surface area contributed by atoms with Gasteiger partial charge in [-0.15, -0.1) is 0 Å². The lowest BCUT2D eigenvalue weighted by molar-refractivity contribution is 0.0784. The van der Waals surface area contributed by atoms with Crippen molar-refractivity contribution in [2.75, 3.05) is 7.05 Å². The van der Waals surface area contributed by atoms with Gasteiger partial charge in [-0.3, -0.25) is 4.79 Å². The predicted octanol–water partition coefficient (Wildman–Crippen LogP) is 2.24. The van der Waals surface area contributed by atoms with E-state index < -0.39 is 0 Å². The van der Waals surface area contributed by atoms with Gasteiger partial charge in [-0.25, -0.2) is 0 Å². The second kappa shape index (κ2) is 5.97.